The molecule has 0 heterocycles. The molecule has 4 heteroatoms. The van der Waals surface area contributed by atoms with Gasteiger partial charge in [0.25, 0.3) is 0 Å². The average Bonchev–Trinajstić information content (AvgIpc) is 3.14. The third kappa shape index (κ3) is 1.60. The maximum atomic E-state index is 13.8. The summed E-state index contributed by atoms with van der Waals surface area (Å²) in [6.45, 7) is 0. The summed E-state index contributed by atoms with van der Waals surface area (Å²) in [4.78, 5) is 0. The van der Waals surface area contributed by atoms with E-state index >= 15 is 0 Å². The fourth-order valence-electron chi connectivity index (χ4n) is 5.77. The SMILES string of the molecule is OC(C1CC2C=CC1C2)(C1CC2CCC1C2)C(F)(F)F. The average molecular weight is 286 g/mol. The molecule has 0 amide bonds. The molecule has 4 rings (SSSR count). The second-order valence-corrected chi connectivity index (χ2v) is 7.49. The summed E-state index contributed by atoms with van der Waals surface area (Å²) in [7, 11) is 0. The summed E-state index contributed by atoms with van der Waals surface area (Å²) < 4.78 is 41.3. The van der Waals surface area contributed by atoms with Crippen molar-refractivity contribution in [2.45, 2.75) is 50.3 Å². The van der Waals surface area contributed by atoms with E-state index in [0.717, 1.165) is 25.7 Å². The Hall–Kier alpha value is -0.510. The minimum absolute atomic E-state index is 0.0641. The van der Waals surface area contributed by atoms with Crippen LogP contribution in [-0.2, 0) is 0 Å². The number of hydrogen-bond acceptors (Lipinski definition) is 1. The molecule has 0 radical (unpaired) electrons. The van der Waals surface area contributed by atoms with E-state index in [-0.39, 0.29) is 17.8 Å². The highest BCUT2D eigenvalue weighted by Crippen LogP contribution is 2.62. The number of hydrogen-bond donors (Lipinski definition) is 1. The fourth-order valence-corrected chi connectivity index (χ4v) is 5.77. The number of rotatable bonds is 2. The largest absolute Gasteiger partial charge is 0.417 e. The van der Waals surface area contributed by atoms with Crippen molar-refractivity contribution in [1.82, 2.24) is 0 Å². The highest BCUT2D eigenvalue weighted by Gasteiger charge is 2.68. The van der Waals surface area contributed by atoms with E-state index in [0.29, 0.717) is 18.8 Å². The first-order valence-corrected chi connectivity index (χ1v) is 7.87. The van der Waals surface area contributed by atoms with Gasteiger partial charge in [0.2, 0.25) is 0 Å². The van der Waals surface area contributed by atoms with Crippen molar-refractivity contribution in [3.63, 3.8) is 0 Å². The highest BCUT2D eigenvalue weighted by atomic mass is 19.4. The van der Waals surface area contributed by atoms with E-state index < -0.39 is 23.6 Å². The molecule has 7 unspecified atom stereocenters. The van der Waals surface area contributed by atoms with E-state index in [1.165, 1.54) is 0 Å². The summed E-state index contributed by atoms with van der Waals surface area (Å²) in [5, 5.41) is 10.8. The van der Waals surface area contributed by atoms with E-state index in [2.05, 4.69) is 0 Å². The Morgan fingerprint density at radius 2 is 1.70 bits per heavy atom. The van der Waals surface area contributed by atoms with Crippen LogP contribution in [0.4, 0.5) is 13.2 Å². The minimum Gasteiger partial charge on any atom is -0.380 e. The zero-order valence-electron chi connectivity index (χ0n) is 11.4. The van der Waals surface area contributed by atoms with Crippen molar-refractivity contribution in [2.24, 2.45) is 35.5 Å². The molecule has 7 atom stereocenters. The van der Waals surface area contributed by atoms with Crippen LogP contribution in [0.1, 0.15) is 38.5 Å². The van der Waals surface area contributed by atoms with Gasteiger partial charge in [0.15, 0.2) is 5.60 Å². The number of allylic oxidation sites excluding steroid dienone is 2. The van der Waals surface area contributed by atoms with Gasteiger partial charge in [-0.1, -0.05) is 18.6 Å². The van der Waals surface area contributed by atoms with Crippen molar-refractivity contribution in [2.75, 3.05) is 0 Å². The van der Waals surface area contributed by atoms with E-state index in [1.54, 1.807) is 0 Å². The molecule has 112 valence electrons. The maximum absolute atomic E-state index is 13.8. The van der Waals surface area contributed by atoms with Crippen molar-refractivity contribution in [1.29, 1.82) is 0 Å². The van der Waals surface area contributed by atoms with Gasteiger partial charge in [-0.2, -0.15) is 13.2 Å². The van der Waals surface area contributed by atoms with Gasteiger partial charge in [0, 0.05) is 5.92 Å². The first-order valence-electron chi connectivity index (χ1n) is 7.87. The van der Waals surface area contributed by atoms with Gasteiger partial charge >= 0.3 is 6.18 Å². The van der Waals surface area contributed by atoms with E-state index in [1.807, 2.05) is 12.2 Å². The molecule has 4 bridgehead atoms. The van der Waals surface area contributed by atoms with E-state index in [4.69, 9.17) is 0 Å². The summed E-state index contributed by atoms with van der Waals surface area (Å²) in [5.74, 6) is -0.452. The van der Waals surface area contributed by atoms with Crippen LogP contribution >= 0.6 is 0 Å². The Bertz CT molecular complexity index is 443. The van der Waals surface area contributed by atoms with Gasteiger partial charge in [0.05, 0.1) is 0 Å². The van der Waals surface area contributed by atoms with Gasteiger partial charge in [-0.3, -0.25) is 0 Å². The van der Waals surface area contributed by atoms with Crippen LogP contribution in [0.25, 0.3) is 0 Å². The molecule has 0 spiro atoms. The Labute approximate surface area is 117 Å². The first-order chi connectivity index (χ1) is 9.39. The van der Waals surface area contributed by atoms with Crippen molar-refractivity contribution in [3.8, 4) is 0 Å². The van der Waals surface area contributed by atoms with Crippen LogP contribution in [0.5, 0.6) is 0 Å². The number of alkyl halides is 3. The quantitative estimate of drug-likeness (QED) is 0.763. The molecule has 3 saturated carbocycles. The smallest absolute Gasteiger partial charge is 0.380 e. The van der Waals surface area contributed by atoms with Crippen molar-refractivity contribution in [3.05, 3.63) is 12.2 Å². The van der Waals surface area contributed by atoms with Crippen molar-refractivity contribution >= 4 is 0 Å². The topological polar surface area (TPSA) is 20.2 Å². The molecule has 1 nitrogen and oxygen atoms in total. The lowest BCUT2D eigenvalue weighted by atomic mass is 9.66. The monoisotopic (exact) mass is 286 g/mol. The second kappa shape index (κ2) is 4.02. The van der Waals surface area contributed by atoms with Gasteiger partial charge < -0.3 is 5.11 Å². The Balaban J connectivity index is 1.70. The zero-order valence-corrected chi connectivity index (χ0v) is 11.4. The lowest BCUT2D eigenvalue weighted by molar-refractivity contribution is -0.307. The maximum Gasteiger partial charge on any atom is 0.417 e. The predicted molar refractivity (Wildman–Crippen MR) is 68.8 cm³/mol. The zero-order chi connectivity index (χ0) is 14.1. The lowest BCUT2D eigenvalue weighted by Gasteiger charge is -2.46. The molecule has 0 aromatic carbocycles. The van der Waals surface area contributed by atoms with Crippen LogP contribution in [-0.4, -0.2) is 16.9 Å². The molecule has 0 saturated heterocycles. The van der Waals surface area contributed by atoms with Crippen LogP contribution in [0.3, 0.4) is 0 Å². The normalized spacial score (nSPS) is 49.0. The molecule has 4 aliphatic rings. The van der Waals surface area contributed by atoms with Crippen LogP contribution < -0.4 is 0 Å². The van der Waals surface area contributed by atoms with Crippen LogP contribution in [0, 0.1) is 35.5 Å². The van der Waals surface area contributed by atoms with Gasteiger partial charge in [-0.25, -0.2) is 0 Å². The minimum atomic E-state index is -4.49. The molecule has 20 heavy (non-hydrogen) atoms. The molecule has 0 aliphatic heterocycles. The number of fused-ring (bicyclic) bond motifs is 4. The van der Waals surface area contributed by atoms with E-state index in [9.17, 15) is 18.3 Å². The first kappa shape index (κ1) is 13.2. The molecular formula is C16H21F3O. The van der Waals surface area contributed by atoms with Crippen molar-refractivity contribution < 1.29 is 18.3 Å². The molecular weight excluding hydrogens is 265 g/mol. The van der Waals surface area contributed by atoms with Gasteiger partial charge in [-0.05, 0) is 61.7 Å². The molecule has 4 aliphatic carbocycles. The summed E-state index contributed by atoms with van der Waals surface area (Å²) >= 11 is 0. The predicted octanol–water partition coefficient (Wildman–Crippen LogP) is 3.93. The molecule has 0 aromatic rings. The fraction of sp³-hybridized carbons (Fsp3) is 0.875. The summed E-state index contributed by atoms with van der Waals surface area (Å²) in [5.41, 5.74) is -2.45. The Kier molecular flexibility index (Phi) is 2.65. The Morgan fingerprint density at radius 3 is 2.15 bits per heavy atom. The molecule has 3 fully saturated rings. The summed E-state index contributed by atoms with van der Waals surface area (Å²) in [6, 6.07) is 0. The van der Waals surface area contributed by atoms with Gasteiger partial charge in [0.1, 0.15) is 0 Å². The van der Waals surface area contributed by atoms with Crippen LogP contribution in [0.2, 0.25) is 0 Å². The molecule has 0 aromatic heterocycles. The highest BCUT2D eigenvalue weighted by molar-refractivity contribution is 5.18. The number of aliphatic hydroxyl groups is 1. The number of halogens is 3. The molecule has 1 N–H and O–H groups in total. The Morgan fingerprint density at radius 1 is 0.900 bits per heavy atom. The van der Waals surface area contributed by atoms with Gasteiger partial charge in [-0.15, -0.1) is 0 Å². The van der Waals surface area contributed by atoms with Crippen LogP contribution in [0.15, 0.2) is 12.2 Å². The third-order valence-corrected chi connectivity index (χ3v) is 6.60. The lowest BCUT2D eigenvalue weighted by Crippen LogP contribution is -2.59. The standard InChI is InChI=1S/C16H21F3O/c17-16(18,19)15(20,13-7-9-1-3-11(13)5-9)14-8-10-2-4-12(14)6-10/h1,3,9-14,20H,2,4-8H2. The third-order valence-electron chi connectivity index (χ3n) is 6.60. The second-order valence-electron chi connectivity index (χ2n) is 7.49. The summed E-state index contributed by atoms with van der Waals surface area (Å²) in [6.07, 6.45) is 4.22.